The third kappa shape index (κ3) is 7.05. The van der Waals surface area contributed by atoms with Gasteiger partial charge in [-0.05, 0) is 71.1 Å². The summed E-state index contributed by atoms with van der Waals surface area (Å²) in [6, 6.07) is 1.61. The van der Waals surface area contributed by atoms with Gasteiger partial charge < -0.3 is 16.0 Å². The van der Waals surface area contributed by atoms with Gasteiger partial charge in [0.25, 0.3) is 0 Å². The summed E-state index contributed by atoms with van der Waals surface area (Å²) < 4.78 is 0. The Labute approximate surface area is 125 Å². The van der Waals surface area contributed by atoms with Gasteiger partial charge in [-0.1, -0.05) is 25.7 Å². The van der Waals surface area contributed by atoms with Gasteiger partial charge in [0.15, 0.2) is 0 Å². The lowest BCUT2D eigenvalue weighted by molar-refractivity contribution is 0.367. The molecule has 2 fully saturated rings. The predicted octanol–water partition coefficient (Wildman–Crippen LogP) is 2.81. The van der Waals surface area contributed by atoms with Crippen LogP contribution in [0.4, 0.5) is 0 Å². The highest BCUT2D eigenvalue weighted by Crippen LogP contribution is 2.13. The first-order valence-corrected chi connectivity index (χ1v) is 9.12. The van der Waals surface area contributed by atoms with Gasteiger partial charge in [-0.25, -0.2) is 0 Å². The fraction of sp³-hybridized carbons (Fsp3) is 1.00. The van der Waals surface area contributed by atoms with Gasteiger partial charge in [-0.3, -0.25) is 0 Å². The smallest absolute Gasteiger partial charge is 0.00791 e. The largest absolute Gasteiger partial charge is 0.317 e. The van der Waals surface area contributed by atoms with E-state index in [-0.39, 0.29) is 0 Å². The van der Waals surface area contributed by atoms with E-state index in [1.807, 2.05) is 0 Å². The summed E-state index contributed by atoms with van der Waals surface area (Å²) in [4.78, 5) is 0. The number of rotatable bonds is 9. The SMILES string of the molecule is C(CCNCCC1CCCCN1)CCC1CCCCN1. The van der Waals surface area contributed by atoms with Crippen LogP contribution in [-0.2, 0) is 0 Å². The highest BCUT2D eigenvalue weighted by Gasteiger charge is 2.12. The molecule has 3 heteroatoms. The van der Waals surface area contributed by atoms with E-state index in [0.29, 0.717) is 0 Å². The van der Waals surface area contributed by atoms with Gasteiger partial charge in [-0.2, -0.15) is 0 Å². The number of hydrogen-bond donors (Lipinski definition) is 3. The summed E-state index contributed by atoms with van der Waals surface area (Å²) in [5.74, 6) is 0. The summed E-state index contributed by atoms with van der Waals surface area (Å²) in [6.07, 6.45) is 15.3. The zero-order chi connectivity index (χ0) is 13.9. The van der Waals surface area contributed by atoms with Gasteiger partial charge in [0.1, 0.15) is 0 Å². The standard InChI is InChI=1S/C17H35N3/c1(2-8-16-9-3-6-13-19-16)5-12-18-15-11-17-10-4-7-14-20-17/h16-20H,1-15H2. The maximum atomic E-state index is 3.64. The maximum Gasteiger partial charge on any atom is 0.00791 e. The van der Waals surface area contributed by atoms with Crippen molar-refractivity contribution in [2.45, 2.75) is 82.7 Å². The van der Waals surface area contributed by atoms with Gasteiger partial charge in [0, 0.05) is 12.1 Å². The Hall–Kier alpha value is -0.120. The third-order valence-corrected chi connectivity index (χ3v) is 4.90. The number of nitrogens with one attached hydrogen (secondary N) is 3. The van der Waals surface area contributed by atoms with Crippen molar-refractivity contribution < 1.29 is 0 Å². The first-order valence-electron chi connectivity index (χ1n) is 9.12. The molecular weight excluding hydrogens is 246 g/mol. The van der Waals surface area contributed by atoms with Crippen LogP contribution in [0.1, 0.15) is 70.6 Å². The highest BCUT2D eigenvalue weighted by atomic mass is 14.9. The van der Waals surface area contributed by atoms with Crippen molar-refractivity contribution in [1.82, 2.24) is 16.0 Å². The molecule has 20 heavy (non-hydrogen) atoms. The van der Waals surface area contributed by atoms with Crippen molar-refractivity contribution in [3.05, 3.63) is 0 Å². The zero-order valence-corrected chi connectivity index (χ0v) is 13.3. The summed E-state index contributed by atoms with van der Waals surface area (Å²) in [5, 5.41) is 10.9. The molecule has 118 valence electrons. The number of piperidine rings is 2. The molecule has 2 heterocycles. The topological polar surface area (TPSA) is 36.1 Å². The van der Waals surface area contributed by atoms with Crippen molar-refractivity contribution in [2.24, 2.45) is 0 Å². The molecule has 2 aliphatic rings. The minimum atomic E-state index is 0.786. The van der Waals surface area contributed by atoms with Crippen LogP contribution in [0.5, 0.6) is 0 Å². The molecule has 2 aliphatic heterocycles. The second-order valence-corrected chi connectivity index (χ2v) is 6.68. The van der Waals surface area contributed by atoms with Crippen molar-refractivity contribution in [1.29, 1.82) is 0 Å². The Bertz CT molecular complexity index is 196. The van der Waals surface area contributed by atoms with E-state index >= 15 is 0 Å². The van der Waals surface area contributed by atoms with E-state index in [1.54, 1.807) is 0 Å². The average Bonchev–Trinajstić information content (AvgIpc) is 2.52. The average molecular weight is 281 g/mol. The van der Waals surface area contributed by atoms with Gasteiger partial charge in [-0.15, -0.1) is 0 Å². The molecule has 2 saturated heterocycles. The molecule has 0 amide bonds. The fourth-order valence-corrected chi connectivity index (χ4v) is 3.56. The molecule has 0 aliphatic carbocycles. The van der Waals surface area contributed by atoms with Gasteiger partial charge in [0.2, 0.25) is 0 Å². The number of unbranched alkanes of at least 4 members (excludes halogenated alkanes) is 2. The van der Waals surface area contributed by atoms with Crippen LogP contribution in [-0.4, -0.2) is 38.3 Å². The Balaban J connectivity index is 1.33. The third-order valence-electron chi connectivity index (χ3n) is 4.90. The highest BCUT2D eigenvalue weighted by molar-refractivity contribution is 4.73. The number of hydrogen-bond acceptors (Lipinski definition) is 3. The Kier molecular flexibility index (Phi) is 8.60. The molecule has 2 atom stereocenters. The van der Waals surface area contributed by atoms with E-state index in [1.165, 1.54) is 96.8 Å². The van der Waals surface area contributed by atoms with E-state index in [0.717, 1.165) is 12.1 Å². The van der Waals surface area contributed by atoms with Crippen molar-refractivity contribution >= 4 is 0 Å². The van der Waals surface area contributed by atoms with Crippen LogP contribution < -0.4 is 16.0 Å². The minimum Gasteiger partial charge on any atom is -0.317 e. The van der Waals surface area contributed by atoms with Gasteiger partial charge >= 0.3 is 0 Å². The quantitative estimate of drug-likeness (QED) is 0.569. The van der Waals surface area contributed by atoms with Crippen molar-refractivity contribution in [3.8, 4) is 0 Å². The van der Waals surface area contributed by atoms with Crippen LogP contribution in [0, 0.1) is 0 Å². The van der Waals surface area contributed by atoms with E-state index in [4.69, 9.17) is 0 Å². The van der Waals surface area contributed by atoms with Crippen molar-refractivity contribution in [3.63, 3.8) is 0 Å². The fourth-order valence-electron chi connectivity index (χ4n) is 3.56. The van der Waals surface area contributed by atoms with Crippen LogP contribution in [0.15, 0.2) is 0 Å². The second-order valence-electron chi connectivity index (χ2n) is 6.68. The molecule has 0 aromatic heterocycles. The summed E-state index contributed by atoms with van der Waals surface area (Å²) in [5.41, 5.74) is 0. The Morgan fingerprint density at radius 2 is 1.40 bits per heavy atom. The van der Waals surface area contributed by atoms with E-state index < -0.39 is 0 Å². The van der Waals surface area contributed by atoms with Crippen molar-refractivity contribution in [2.75, 3.05) is 26.2 Å². The van der Waals surface area contributed by atoms with E-state index in [2.05, 4.69) is 16.0 Å². The lowest BCUT2D eigenvalue weighted by Gasteiger charge is -2.23. The second kappa shape index (κ2) is 10.6. The first kappa shape index (κ1) is 16.3. The Morgan fingerprint density at radius 1 is 0.700 bits per heavy atom. The lowest BCUT2D eigenvalue weighted by atomic mass is 9.99. The summed E-state index contributed by atoms with van der Waals surface area (Å²) >= 11 is 0. The maximum absolute atomic E-state index is 3.64. The molecule has 3 N–H and O–H groups in total. The van der Waals surface area contributed by atoms with Crippen LogP contribution >= 0.6 is 0 Å². The molecular formula is C17H35N3. The zero-order valence-electron chi connectivity index (χ0n) is 13.3. The molecule has 0 aromatic rings. The molecule has 3 nitrogen and oxygen atoms in total. The summed E-state index contributed by atoms with van der Waals surface area (Å²) in [7, 11) is 0. The molecule has 0 aromatic carbocycles. The van der Waals surface area contributed by atoms with E-state index in [9.17, 15) is 0 Å². The molecule has 0 bridgehead atoms. The molecule has 0 saturated carbocycles. The summed E-state index contributed by atoms with van der Waals surface area (Å²) in [6.45, 7) is 4.90. The monoisotopic (exact) mass is 281 g/mol. The molecule has 2 rings (SSSR count). The van der Waals surface area contributed by atoms with Gasteiger partial charge in [0.05, 0.1) is 0 Å². The first-order chi connectivity index (χ1) is 9.95. The Morgan fingerprint density at radius 3 is 2.05 bits per heavy atom. The van der Waals surface area contributed by atoms with Crippen LogP contribution in [0.2, 0.25) is 0 Å². The molecule has 2 unspecified atom stereocenters. The van der Waals surface area contributed by atoms with Crippen LogP contribution in [0.3, 0.4) is 0 Å². The molecule has 0 radical (unpaired) electrons. The predicted molar refractivity (Wildman–Crippen MR) is 87.2 cm³/mol. The normalized spacial score (nSPS) is 27.6. The minimum absolute atomic E-state index is 0.786. The molecule has 0 spiro atoms. The van der Waals surface area contributed by atoms with Crippen LogP contribution in [0.25, 0.3) is 0 Å². The lowest BCUT2D eigenvalue weighted by Crippen LogP contribution is -2.36.